The van der Waals surface area contributed by atoms with Gasteiger partial charge in [0.25, 0.3) is 5.56 Å². The summed E-state index contributed by atoms with van der Waals surface area (Å²) in [5, 5.41) is 3.99. The molecule has 2 aromatic heterocycles. The van der Waals surface area contributed by atoms with Crippen LogP contribution in [0.15, 0.2) is 27.5 Å². The van der Waals surface area contributed by atoms with Gasteiger partial charge in [-0.2, -0.15) is 0 Å². The van der Waals surface area contributed by atoms with E-state index in [0.717, 1.165) is 42.2 Å². The molecule has 2 bridgehead atoms. The van der Waals surface area contributed by atoms with E-state index in [9.17, 15) is 9.59 Å². The number of aromatic nitrogens is 2. The summed E-state index contributed by atoms with van der Waals surface area (Å²) < 4.78 is 7.21. The summed E-state index contributed by atoms with van der Waals surface area (Å²) in [6.07, 6.45) is 2.15. The zero-order valence-electron chi connectivity index (χ0n) is 17.7. The molecule has 156 valence electrons. The lowest BCUT2D eigenvalue weighted by atomic mass is 9.78. The Morgan fingerprint density at radius 2 is 2.07 bits per heavy atom. The molecular weight excluding hydrogens is 368 g/mol. The van der Waals surface area contributed by atoms with Crippen LogP contribution in [0.25, 0.3) is 0 Å². The summed E-state index contributed by atoms with van der Waals surface area (Å²) in [7, 11) is 4.07. The van der Waals surface area contributed by atoms with Crippen LogP contribution in [0.5, 0.6) is 0 Å². The van der Waals surface area contributed by atoms with Crippen molar-refractivity contribution in [2.45, 2.75) is 45.1 Å². The quantitative estimate of drug-likeness (QED) is 0.772. The Labute approximate surface area is 171 Å². The van der Waals surface area contributed by atoms with Crippen LogP contribution in [-0.2, 0) is 11.2 Å². The van der Waals surface area contributed by atoms with Gasteiger partial charge in [-0.05, 0) is 52.8 Å². The van der Waals surface area contributed by atoms with Crippen molar-refractivity contribution < 1.29 is 9.32 Å². The number of pyridine rings is 1. The zero-order chi connectivity index (χ0) is 20.7. The molecule has 29 heavy (non-hydrogen) atoms. The van der Waals surface area contributed by atoms with E-state index in [-0.39, 0.29) is 23.4 Å². The second-order valence-corrected chi connectivity index (χ2v) is 8.78. The highest BCUT2D eigenvalue weighted by molar-refractivity contribution is 5.76. The fourth-order valence-corrected chi connectivity index (χ4v) is 5.10. The molecule has 4 heterocycles. The molecule has 0 spiro atoms. The Hall–Kier alpha value is -2.41. The number of likely N-dealkylation sites (tertiary alicyclic amines) is 1. The molecule has 3 atom stereocenters. The number of hydrogen-bond donors (Lipinski definition) is 0. The molecule has 0 unspecified atom stereocenters. The van der Waals surface area contributed by atoms with E-state index in [1.165, 1.54) is 0 Å². The molecule has 4 rings (SSSR count). The molecule has 0 N–H and O–H groups in total. The number of carbonyl (C=O) groups excluding carboxylic acids is 1. The Kier molecular flexibility index (Phi) is 5.34. The SMILES string of the molecule is Cc1noc(C)c1CCC(=O)N1C[C@H]2C[C@@H](C1)[C@H](CN(C)C)n1c2cccc1=O. The van der Waals surface area contributed by atoms with Crippen LogP contribution in [0.4, 0.5) is 0 Å². The van der Waals surface area contributed by atoms with Crippen molar-refractivity contribution >= 4 is 5.91 Å². The molecule has 2 aliphatic heterocycles. The summed E-state index contributed by atoms with van der Waals surface area (Å²) >= 11 is 0. The van der Waals surface area contributed by atoms with Crippen molar-refractivity contribution in [3.63, 3.8) is 0 Å². The number of rotatable bonds is 5. The minimum atomic E-state index is 0.0715. The second kappa shape index (κ2) is 7.78. The molecule has 0 radical (unpaired) electrons. The lowest BCUT2D eigenvalue weighted by Gasteiger charge is -2.47. The van der Waals surface area contributed by atoms with Gasteiger partial charge in [0, 0.05) is 49.3 Å². The van der Waals surface area contributed by atoms with Gasteiger partial charge in [0.05, 0.1) is 11.7 Å². The number of amides is 1. The van der Waals surface area contributed by atoms with Crippen molar-refractivity contribution in [2.24, 2.45) is 5.92 Å². The van der Waals surface area contributed by atoms with E-state index in [0.29, 0.717) is 25.3 Å². The van der Waals surface area contributed by atoms with Crippen LogP contribution in [0.2, 0.25) is 0 Å². The Morgan fingerprint density at radius 3 is 2.76 bits per heavy atom. The van der Waals surface area contributed by atoms with E-state index in [2.05, 4.69) is 16.1 Å². The summed E-state index contributed by atoms with van der Waals surface area (Å²) in [5.74, 6) is 1.50. The van der Waals surface area contributed by atoms with Gasteiger partial charge in [0.15, 0.2) is 0 Å². The Bertz CT molecular complexity index is 942. The molecule has 1 amide bonds. The maximum Gasteiger partial charge on any atom is 0.251 e. The maximum absolute atomic E-state index is 13.1. The lowest BCUT2D eigenvalue weighted by Crippen LogP contribution is -2.52. The third kappa shape index (κ3) is 3.75. The van der Waals surface area contributed by atoms with Gasteiger partial charge in [0.2, 0.25) is 5.91 Å². The first-order valence-electron chi connectivity index (χ1n) is 10.4. The minimum absolute atomic E-state index is 0.0715. The second-order valence-electron chi connectivity index (χ2n) is 8.78. The first-order valence-corrected chi connectivity index (χ1v) is 10.4. The monoisotopic (exact) mass is 398 g/mol. The Balaban J connectivity index is 1.55. The summed E-state index contributed by atoms with van der Waals surface area (Å²) in [4.78, 5) is 29.8. The first-order chi connectivity index (χ1) is 13.8. The van der Waals surface area contributed by atoms with Gasteiger partial charge in [-0.1, -0.05) is 11.2 Å². The highest BCUT2D eigenvalue weighted by Crippen LogP contribution is 2.41. The van der Waals surface area contributed by atoms with Crippen molar-refractivity contribution in [3.8, 4) is 0 Å². The number of piperidine rings is 1. The summed E-state index contributed by atoms with van der Waals surface area (Å²) in [6.45, 7) is 6.02. The highest BCUT2D eigenvalue weighted by atomic mass is 16.5. The molecule has 2 aliphatic rings. The third-order valence-electron chi connectivity index (χ3n) is 6.47. The van der Waals surface area contributed by atoms with Crippen LogP contribution in [0.1, 0.15) is 47.5 Å². The van der Waals surface area contributed by atoms with Crippen molar-refractivity contribution in [2.75, 3.05) is 33.7 Å². The van der Waals surface area contributed by atoms with E-state index in [1.807, 2.05) is 43.5 Å². The maximum atomic E-state index is 13.1. The predicted octanol–water partition coefficient (Wildman–Crippen LogP) is 2.13. The molecule has 2 aromatic rings. The number of nitrogens with zero attached hydrogens (tertiary/aromatic N) is 4. The molecule has 0 saturated carbocycles. The van der Waals surface area contributed by atoms with Crippen LogP contribution in [-0.4, -0.2) is 59.2 Å². The predicted molar refractivity (Wildman–Crippen MR) is 110 cm³/mol. The average Bonchev–Trinajstić information content (AvgIpc) is 3.00. The minimum Gasteiger partial charge on any atom is -0.361 e. The largest absolute Gasteiger partial charge is 0.361 e. The molecule has 7 nitrogen and oxygen atoms in total. The molecule has 0 aliphatic carbocycles. The van der Waals surface area contributed by atoms with Gasteiger partial charge in [-0.15, -0.1) is 0 Å². The molecule has 1 fully saturated rings. The molecule has 0 aromatic carbocycles. The topological polar surface area (TPSA) is 71.6 Å². The summed E-state index contributed by atoms with van der Waals surface area (Å²) in [5.41, 5.74) is 3.05. The Morgan fingerprint density at radius 1 is 1.28 bits per heavy atom. The van der Waals surface area contributed by atoms with E-state index >= 15 is 0 Å². The molecule has 1 saturated heterocycles. The van der Waals surface area contributed by atoms with E-state index < -0.39 is 0 Å². The van der Waals surface area contributed by atoms with Crippen molar-refractivity contribution in [1.29, 1.82) is 0 Å². The standard InChI is InChI=1S/C22H30N4O3/c1-14-18(15(2)29-23-14)8-9-21(27)25-11-16-10-17(12-25)20(13-24(3)4)26-19(16)6-5-7-22(26)28/h5-7,16-17,20H,8-13H2,1-4H3/t16-,17+,20+/m1/s1. The van der Waals surface area contributed by atoms with Crippen LogP contribution in [0.3, 0.4) is 0 Å². The number of carbonyl (C=O) groups is 1. The number of likely N-dealkylation sites (N-methyl/N-ethyl adjacent to an activating group) is 1. The van der Waals surface area contributed by atoms with E-state index in [4.69, 9.17) is 4.52 Å². The van der Waals surface area contributed by atoms with Crippen LogP contribution >= 0.6 is 0 Å². The normalized spacial score (nSPS) is 23.3. The van der Waals surface area contributed by atoms with Crippen molar-refractivity contribution in [1.82, 2.24) is 19.5 Å². The summed E-state index contributed by atoms with van der Waals surface area (Å²) in [6, 6.07) is 5.66. The van der Waals surface area contributed by atoms with Gasteiger partial charge in [-0.25, -0.2) is 0 Å². The molecular formula is C22H30N4O3. The first kappa shape index (κ1) is 19.9. The number of hydrogen-bond acceptors (Lipinski definition) is 5. The van der Waals surface area contributed by atoms with Crippen molar-refractivity contribution in [3.05, 3.63) is 51.3 Å². The zero-order valence-corrected chi connectivity index (χ0v) is 17.7. The van der Waals surface area contributed by atoms with Crippen LogP contribution < -0.4 is 5.56 Å². The highest BCUT2D eigenvalue weighted by Gasteiger charge is 2.41. The smallest absolute Gasteiger partial charge is 0.251 e. The van der Waals surface area contributed by atoms with Gasteiger partial charge in [0.1, 0.15) is 5.76 Å². The van der Waals surface area contributed by atoms with Gasteiger partial charge >= 0.3 is 0 Å². The average molecular weight is 399 g/mol. The fourth-order valence-electron chi connectivity index (χ4n) is 5.10. The lowest BCUT2D eigenvalue weighted by molar-refractivity contribution is -0.134. The van der Waals surface area contributed by atoms with Gasteiger partial charge in [-0.3, -0.25) is 9.59 Å². The number of aryl methyl sites for hydroxylation is 2. The third-order valence-corrected chi connectivity index (χ3v) is 6.47. The van der Waals surface area contributed by atoms with E-state index in [1.54, 1.807) is 6.07 Å². The van der Waals surface area contributed by atoms with Crippen LogP contribution in [0, 0.1) is 19.8 Å². The molecule has 7 heteroatoms. The van der Waals surface area contributed by atoms with Gasteiger partial charge < -0.3 is 18.9 Å². The fraction of sp³-hybridized carbons (Fsp3) is 0.591. The number of fused-ring (bicyclic) bond motifs is 4.